The molecule has 1 aliphatic carbocycles. The summed E-state index contributed by atoms with van der Waals surface area (Å²) in [5.41, 5.74) is -0.437. The second kappa shape index (κ2) is 8.30. The Morgan fingerprint density at radius 2 is 1.95 bits per heavy atom. The first kappa shape index (κ1) is 17.0. The zero-order valence-electron chi connectivity index (χ0n) is 13.4. The Bertz CT molecular complexity index is 321. The highest BCUT2D eigenvalue weighted by molar-refractivity contribution is 5.67. The van der Waals surface area contributed by atoms with Gasteiger partial charge in [-0.1, -0.05) is 31.9 Å². The van der Waals surface area contributed by atoms with Gasteiger partial charge in [-0.2, -0.15) is 0 Å². The van der Waals surface area contributed by atoms with Gasteiger partial charge in [0.05, 0.1) is 0 Å². The van der Waals surface area contributed by atoms with E-state index in [9.17, 15) is 4.79 Å². The first-order chi connectivity index (χ1) is 9.37. The summed E-state index contributed by atoms with van der Waals surface area (Å²) < 4.78 is 5.15. The van der Waals surface area contributed by atoms with E-state index in [1.54, 1.807) is 0 Å². The molecular weight excluding hydrogens is 252 g/mol. The van der Waals surface area contributed by atoms with Gasteiger partial charge >= 0.3 is 6.09 Å². The number of rotatable bonds is 5. The van der Waals surface area contributed by atoms with Gasteiger partial charge in [0.25, 0.3) is 0 Å². The molecule has 0 saturated heterocycles. The van der Waals surface area contributed by atoms with Gasteiger partial charge in [-0.15, -0.1) is 0 Å². The second-order valence-corrected chi connectivity index (χ2v) is 6.73. The molecule has 1 saturated carbocycles. The number of nitrogens with one attached hydrogen (secondary N) is 2. The maximum Gasteiger partial charge on any atom is 0.407 e. The second-order valence-electron chi connectivity index (χ2n) is 6.73. The summed E-state index contributed by atoms with van der Waals surface area (Å²) in [6, 6.07) is 0.655. The van der Waals surface area contributed by atoms with E-state index in [1.165, 1.54) is 25.7 Å². The number of carbonyl (C=O) groups excluding carboxylic acids is 1. The number of ether oxygens (including phenoxy) is 1. The lowest BCUT2D eigenvalue weighted by Crippen LogP contribution is -2.34. The van der Waals surface area contributed by atoms with Crippen LogP contribution in [0.1, 0.15) is 53.4 Å². The highest BCUT2D eigenvalue weighted by atomic mass is 16.6. The van der Waals surface area contributed by atoms with Gasteiger partial charge in [-0.3, -0.25) is 0 Å². The van der Waals surface area contributed by atoms with E-state index in [0.717, 1.165) is 12.5 Å². The smallest absolute Gasteiger partial charge is 0.407 e. The third-order valence-electron chi connectivity index (χ3n) is 3.39. The minimum absolute atomic E-state index is 0.365. The van der Waals surface area contributed by atoms with Gasteiger partial charge in [0.1, 0.15) is 5.60 Å². The van der Waals surface area contributed by atoms with E-state index in [4.69, 9.17) is 4.74 Å². The van der Waals surface area contributed by atoms with E-state index in [2.05, 4.69) is 23.6 Å². The molecule has 1 rings (SSSR count). The van der Waals surface area contributed by atoms with Crippen molar-refractivity contribution in [3.63, 3.8) is 0 Å². The van der Waals surface area contributed by atoms with Crippen LogP contribution < -0.4 is 10.6 Å². The van der Waals surface area contributed by atoms with Crippen LogP contribution in [0.2, 0.25) is 0 Å². The molecule has 1 amide bonds. The van der Waals surface area contributed by atoms with Crippen molar-refractivity contribution in [2.45, 2.75) is 65.0 Å². The maximum atomic E-state index is 11.4. The van der Waals surface area contributed by atoms with Crippen molar-refractivity contribution in [1.82, 2.24) is 10.6 Å². The topological polar surface area (TPSA) is 50.4 Å². The van der Waals surface area contributed by atoms with Gasteiger partial charge in [-0.25, -0.2) is 4.79 Å². The number of carbonyl (C=O) groups is 1. The summed E-state index contributed by atoms with van der Waals surface area (Å²) in [6.45, 7) is 9.28. The van der Waals surface area contributed by atoms with Crippen LogP contribution in [0, 0.1) is 5.92 Å². The highest BCUT2D eigenvalue weighted by Crippen LogP contribution is 2.23. The Kier molecular flexibility index (Phi) is 7.06. The average Bonchev–Trinajstić information content (AvgIpc) is 2.31. The number of amides is 1. The quantitative estimate of drug-likeness (QED) is 0.761. The monoisotopic (exact) mass is 282 g/mol. The third-order valence-corrected chi connectivity index (χ3v) is 3.39. The molecule has 116 valence electrons. The molecule has 0 heterocycles. The Labute approximate surface area is 123 Å². The van der Waals surface area contributed by atoms with E-state index >= 15 is 0 Å². The fourth-order valence-corrected chi connectivity index (χ4v) is 2.48. The molecule has 0 spiro atoms. The summed E-state index contributed by atoms with van der Waals surface area (Å²) in [4.78, 5) is 11.4. The number of alkyl carbamates (subject to hydrolysis) is 1. The molecular formula is C16H30N2O2. The average molecular weight is 282 g/mol. The molecule has 4 nitrogen and oxygen atoms in total. The summed E-state index contributed by atoms with van der Waals surface area (Å²) in [6.07, 6.45) is 8.94. The lowest BCUT2D eigenvalue weighted by molar-refractivity contribution is 0.0534. The van der Waals surface area contributed by atoms with Gasteiger partial charge < -0.3 is 15.4 Å². The van der Waals surface area contributed by atoms with Crippen molar-refractivity contribution in [1.29, 1.82) is 0 Å². The van der Waals surface area contributed by atoms with Gasteiger partial charge in [0.2, 0.25) is 0 Å². The van der Waals surface area contributed by atoms with E-state index in [-0.39, 0.29) is 6.09 Å². The fraction of sp³-hybridized carbons (Fsp3) is 0.812. The Morgan fingerprint density at radius 1 is 1.25 bits per heavy atom. The van der Waals surface area contributed by atoms with Crippen molar-refractivity contribution in [3.8, 4) is 0 Å². The molecule has 2 atom stereocenters. The molecule has 0 aromatic heterocycles. The molecule has 0 radical (unpaired) electrons. The lowest BCUT2D eigenvalue weighted by Gasteiger charge is -2.27. The zero-order valence-corrected chi connectivity index (χ0v) is 13.4. The fourth-order valence-electron chi connectivity index (χ4n) is 2.48. The summed E-state index contributed by atoms with van der Waals surface area (Å²) >= 11 is 0. The molecule has 2 unspecified atom stereocenters. The molecule has 0 aliphatic heterocycles. The van der Waals surface area contributed by atoms with Crippen LogP contribution >= 0.6 is 0 Å². The SMILES string of the molecule is CC1CCCC(NC/C=C/CNC(=O)OC(C)(C)C)C1. The van der Waals surface area contributed by atoms with E-state index in [1.807, 2.05) is 26.8 Å². The Hall–Kier alpha value is -1.03. The Morgan fingerprint density at radius 3 is 2.60 bits per heavy atom. The van der Waals surface area contributed by atoms with Gasteiger partial charge in [0.15, 0.2) is 0 Å². The van der Waals surface area contributed by atoms with Gasteiger partial charge in [0, 0.05) is 19.1 Å². The first-order valence-corrected chi connectivity index (χ1v) is 7.72. The van der Waals surface area contributed by atoms with Gasteiger partial charge in [-0.05, 0) is 39.5 Å². The summed E-state index contributed by atoms with van der Waals surface area (Å²) in [7, 11) is 0. The van der Waals surface area contributed by atoms with Crippen molar-refractivity contribution in [2.24, 2.45) is 5.92 Å². The molecule has 1 aliphatic rings. The summed E-state index contributed by atoms with van der Waals surface area (Å²) in [5, 5.41) is 6.26. The molecule has 4 heteroatoms. The minimum atomic E-state index is -0.437. The van der Waals surface area contributed by atoms with Crippen molar-refractivity contribution < 1.29 is 9.53 Å². The molecule has 1 fully saturated rings. The standard InChI is InChI=1S/C16H30N2O2/c1-13-8-7-9-14(12-13)17-10-5-6-11-18-15(19)20-16(2,3)4/h5-6,13-14,17H,7-12H2,1-4H3,(H,18,19)/b6-5+. The Balaban J connectivity index is 2.06. The zero-order chi connectivity index (χ0) is 15.0. The predicted octanol–water partition coefficient (Wildman–Crippen LogP) is 3.24. The third kappa shape index (κ3) is 8.20. The first-order valence-electron chi connectivity index (χ1n) is 7.72. The number of hydrogen-bond acceptors (Lipinski definition) is 3. The molecule has 0 aromatic carbocycles. The van der Waals surface area contributed by atoms with Crippen LogP contribution in [0.5, 0.6) is 0 Å². The maximum absolute atomic E-state index is 11.4. The van der Waals surface area contributed by atoms with E-state index < -0.39 is 5.60 Å². The van der Waals surface area contributed by atoms with Crippen molar-refractivity contribution >= 4 is 6.09 Å². The lowest BCUT2D eigenvalue weighted by atomic mass is 9.87. The number of hydrogen-bond donors (Lipinski definition) is 2. The van der Waals surface area contributed by atoms with Crippen LogP contribution in [0.15, 0.2) is 12.2 Å². The van der Waals surface area contributed by atoms with Crippen LogP contribution in [-0.4, -0.2) is 30.8 Å². The van der Waals surface area contributed by atoms with Crippen LogP contribution in [0.4, 0.5) is 4.79 Å². The van der Waals surface area contributed by atoms with Crippen molar-refractivity contribution in [2.75, 3.05) is 13.1 Å². The van der Waals surface area contributed by atoms with Crippen molar-refractivity contribution in [3.05, 3.63) is 12.2 Å². The normalized spacial score (nSPS) is 23.8. The van der Waals surface area contributed by atoms with E-state index in [0.29, 0.717) is 12.6 Å². The van der Waals surface area contributed by atoms with Crippen LogP contribution in [-0.2, 0) is 4.74 Å². The minimum Gasteiger partial charge on any atom is -0.444 e. The molecule has 0 aromatic rings. The van der Waals surface area contributed by atoms with Crippen LogP contribution in [0.3, 0.4) is 0 Å². The highest BCUT2D eigenvalue weighted by Gasteiger charge is 2.17. The van der Waals surface area contributed by atoms with Crippen LogP contribution in [0.25, 0.3) is 0 Å². The molecule has 20 heavy (non-hydrogen) atoms. The molecule has 2 N–H and O–H groups in total. The summed E-state index contributed by atoms with van der Waals surface area (Å²) in [5.74, 6) is 0.846. The predicted molar refractivity (Wildman–Crippen MR) is 82.8 cm³/mol. The largest absolute Gasteiger partial charge is 0.444 e. The molecule has 0 bridgehead atoms.